The zero-order valence-electron chi connectivity index (χ0n) is 23.3. The van der Waals surface area contributed by atoms with Gasteiger partial charge in [0.25, 0.3) is 0 Å². The molecule has 204 valence electrons. The maximum Gasteiger partial charge on any atom is 0.306 e. The summed E-state index contributed by atoms with van der Waals surface area (Å²) in [6.45, 7) is 13.1. The van der Waals surface area contributed by atoms with Crippen molar-refractivity contribution in [2.75, 3.05) is 0 Å². The molecule has 0 saturated heterocycles. The molecule has 0 aromatic carbocycles. The molecule has 0 radical (unpaired) electrons. The van der Waals surface area contributed by atoms with Crippen LogP contribution >= 0.6 is 0 Å². The largest absolute Gasteiger partial charge is 0.481 e. The number of fused-ring (bicyclic) bond motifs is 4. The zero-order valence-corrected chi connectivity index (χ0v) is 23.3. The fourth-order valence-corrected chi connectivity index (χ4v) is 8.93. The van der Waals surface area contributed by atoms with Crippen molar-refractivity contribution in [3.8, 4) is 0 Å². The Morgan fingerprint density at radius 3 is 2.22 bits per heavy atom. The van der Waals surface area contributed by atoms with E-state index in [-0.39, 0.29) is 66.6 Å². The van der Waals surface area contributed by atoms with Crippen molar-refractivity contribution in [1.82, 2.24) is 0 Å². The molecular weight excluding hydrogens is 472 g/mol. The Hall–Kier alpha value is -2.15. The first kappa shape index (κ1) is 27.9. The summed E-state index contributed by atoms with van der Waals surface area (Å²) in [6, 6.07) is 0. The van der Waals surface area contributed by atoms with Gasteiger partial charge in [-0.1, -0.05) is 41.5 Å². The van der Waals surface area contributed by atoms with E-state index >= 15 is 0 Å². The molecule has 4 rings (SSSR count). The molecule has 7 nitrogen and oxygen atoms in total. The van der Waals surface area contributed by atoms with Gasteiger partial charge in [-0.05, 0) is 48.5 Å². The van der Waals surface area contributed by atoms with Crippen LogP contribution in [0.15, 0.2) is 11.1 Å². The van der Waals surface area contributed by atoms with Crippen molar-refractivity contribution in [3.05, 3.63) is 11.1 Å². The third-order valence-corrected chi connectivity index (χ3v) is 11.3. The maximum atomic E-state index is 14.0. The molecule has 0 spiro atoms. The molecule has 2 saturated carbocycles. The van der Waals surface area contributed by atoms with Crippen molar-refractivity contribution < 1.29 is 34.2 Å². The molecule has 2 fully saturated rings. The minimum absolute atomic E-state index is 0.00884. The van der Waals surface area contributed by atoms with Gasteiger partial charge in [0, 0.05) is 48.5 Å². The van der Waals surface area contributed by atoms with Crippen molar-refractivity contribution in [2.24, 2.45) is 45.3 Å². The summed E-state index contributed by atoms with van der Waals surface area (Å²) in [4.78, 5) is 64.6. The van der Waals surface area contributed by atoms with Crippen LogP contribution in [-0.4, -0.2) is 45.4 Å². The molecule has 0 heterocycles. The maximum absolute atomic E-state index is 14.0. The SMILES string of the molecule is CC(CC(=O)C[C@H](C)[C@@H]1CC(=O)[C@]2(C)C3=C(C(=O)C[C@@]12C)[C@]1(C)CCC(=O)C(C)(C)C1C[C@H]3O)C(=O)O. The number of aliphatic hydroxyl groups excluding tert-OH is 1. The number of ketones is 4. The summed E-state index contributed by atoms with van der Waals surface area (Å²) in [6.07, 6.45) is 0.736. The summed E-state index contributed by atoms with van der Waals surface area (Å²) in [5.41, 5.74) is -1.92. The summed E-state index contributed by atoms with van der Waals surface area (Å²) in [5, 5.41) is 20.7. The number of hydrogen-bond donors (Lipinski definition) is 2. The van der Waals surface area contributed by atoms with E-state index < -0.39 is 39.7 Å². The van der Waals surface area contributed by atoms with Crippen LogP contribution in [0.3, 0.4) is 0 Å². The number of aliphatic carboxylic acids is 1. The molecule has 37 heavy (non-hydrogen) atoms. The predicted octanol–water partition coefficient (Wildman–Crippen LogP) is 4.34. The van der Waals surface area contributed by atoms with Crippen LogP contribution in [0.2, 0.25) is 0 Å². The summed E-state index contributed by atoms with van der Waals surface area (Å²) in [7, 11) is 0. The quantitative estimate of drug-likeness (QED) is 0.540. The van der Waals surface area contributed by atoms with E-state index in [1.54, 1.807) is 0 Å². The van der Waals surface area contributed by atoms with E-state index in [1.165, 1.54) is 6.92 Å². The standard InChI is InChI=1S/C30H42O7/c1-15(10-17(31)11-16(2)26(36)37)18-12-23(35)30(7)25-19(32)13-21-27(3,4)22(34)8-9-28(21,5)24(25)20(33)14-29(18,30)6/h15-16,18-19,21,32H,8-14H2,1-7H3,(H,36,37)/t15-,16?,18-,19+,21?,28+,29-,30+/m0/s1. The Kier molecular flexibility index (Phi) is 6.54. The Morgan fingerprint density at radius 2 is 1.62 bits per heavy atom. The molecule has 0 amide bonds. The van der Waals surface area contributed by atoms with Crippen LogP contribution in [0.25, 0.3) is 0 Å². The van der Waals surface area contributed by atoms with Crippen molar-refractivity contribution in [2.45, 2.75) is 99.5 Å². The Morgan fingerprint density at radius 1 is 1.00 bits per heavy atom. The fourth-order valence-electron chi connectivity index (χ4n) is 8.93. The van der Waals surface area contributed by atoms with E-state index in [2.05, 4.69) is 0 Å². The monoisotopic (exact) mass is 514 g/mol. The van der Waals surface area contributed by atoms with Gasteiger partial charge in [0.1, 0.15) is 17.3 Å². The van der Waals surface area contributed by atoms with Crippen molar-refractivity contribution in [1.29, 1.82) is 0 Å². The van der Waals surface area contributed by atoms with Gasteiger partial charge in [-0.2, -0.15) is 0 Å². The van der Waals surface area contributed by atoms with Gasteiger partial charge in [-0.3, -0.25) is 24.0 Å². The Labute approximate surface area is 219 Å². The lowest BCUT2D eigenvalue weighted by Crippen LogP contribution is -2.60. The highest BCUT2D eigenvalue weighted by Crippen LogP contribution is 2.70. The molecule has 2 unspecified atom stereocenters. The van der Waals surface area contributed by atoms with E-state index in [0.29, 0.717) is 30.4 Å². The number of Topliss-reactive ketones (excluding diaryl/α,β-unsaturated/α-hetero) is 4. The minimum atomic E-state index is -1.04. The van der Waals surface area contributed by atoms with Gasteiger partial charge in [0.2, 0.25) is 0 Å². The second-order valence-corrected chi connectivity index (χ2v) is 13.7. The number of hydrogen-bond acceptors (Lipinski definition) is 6. The number of carbonyl (C=O) groups is 5. The molecule has 0 aliphatic heterocycles. The molecule has 4 aliphatic carbocycles. The zero-order chi connectivity index (χ0) is 27.9. The van der Waals surface area contributed by atoms with E-state index in [4.69, 9.17) is 0 Å². The highest BCUT2D eigenvalue weighted by molar-refractivity contribution is 6.05. The lowest BCUT2D eigenvalue weighted by atomic mass is 9.42. The first-order valence-corrected chi connectivity index (χ1v) is 13.7. The summed E-state index contributed by atoms with van der Waals surface area (Å²) in [5.74, 6) is -2.49. The van der Waals surface area contributed by atoms with Gasteiger partial charge in [-0.15, -0.1) is 0 Å². The van der Waals surface area contributed by atoms with Crippen LogP contribution in [0.5, 0.6) is 0 Å². The second-order valence-electron chi connectivity index (χ2n) is 13.7. The van der Waals surface area contributed by atoms with E-state index in [9.17, 15) is 34.2 Å². The van der Waals surface area contributed by atoms with Crippen LogP contribution < -0.4 is 0 Å². The van der Waals surface area contributed by atoms with Gasteiger partial charge in [0.15, 0.2) is 5.78 Å². The van der Waals surface area contributed by atoms with Crippen LogP contribution in [0, 0.1) is 45.3 Å². The fraction of sp³-hybridized carbons (Fsp3) is 0.767. The average molecular weight is 515 g/mol. The van der Waals surface area contributed by atoms with Crippen LogP contribution in [0.1, 0.15) is 93.4 Å². The van der Waals surface area contributed by atoms with Crippen LogP contribution in [0.4, 0.5) is 0 Å². The second kappa shape index (κ2) is 8.69. The lowest BCUT2D eigenvalue weighted by molar-refractivity contribution is -0.147. The predicted molar refractivity (Wildman–Crippen MR) is 136 cm³/mol. The number of aliphatic hydroxyl groups is 1. The summed E-state index contributed by atoms with van der Waals surface area (Å²) >= 11 is 0. The van der Waals surface area contributed by atoms with Crippen molar-refractivity contribution >= 4 is 29.1 Å². The number of carboxylic acid groups (broad SMARTS) is 1. The Bertz CT molecular complexity index is 1110. The molecule has 2 N–H and O–H groups in total. The Balaban J connectivity index is 1.75. The highest BCUT2D eigenvalue weighted by atomic mass is 16.4. The highest BCUT2D eigenvalue weighted by Gasteiger charge is 2.70. The number of rotatable bonds is 6. The first-order valence-electron chi connectivity index (χ1n) is 13.7. The molecule has 0 aromatic heterocycles. The topological polar surface area (TPSA) is 126 Å². The molecular formula is C30H42O7. The number of carbonyl (C=O) groups excluding carboxylic acids is 4. The normalized spacial score (nSPS) is 40.5. The third kappa shape index (κ3) is 3.74. The third-order valence-electron chi connectivity index (χ3n) is 11.3. The average Bonchev–Trinajstić information content (AvgIpc) is 2.99. The molecule has 8 atom stereocenters. The number of carboxylic acids is 1. The van der Waals surface area contributed by atoms with Gasteiger partial charge >= 0.3 is 5.97 Å². The van der Waals surface area contributed by atoms with E-state index in [0.717, 1.165) is 0 Å². The molecule has 0 bridgehead atoms. The van der Waals surface area contributed by atoms with Gasteiger partial charge < -0.3 is 10.2 Å². The number of allylic oxidation sites excluding steroid dienone is 1. The van der Waals surface area contributed by atoms with Gasteiger partial charge in [-0.25, -0.2) is 0 Å². The van der Waals surface area contributed by atoms with Gasteiger partial charge in [0.05, 0.1) is 17.4 Å². The molecule has 4 aliphatic rings. The first-order chi connectivity index (χ1) is 16.9. The van der Waals surface area contributed by atoms with Crippen LogP contribution in [-0.2, 0) is 24.0 Å². The smallest absolute Gasteiger partial charge is 0.306 e. The lowest BCUT2D eigenvalue weighted by Gasteiger charge is -2.60. The minimum Gasteiger partial charge on any atom is -0.481 e. The molecule has 7 heteroatoms. The molecule has 0 aromatic rings. The van der Waals surface area contributed by atoms with E-state index in [1.807, 2.05) is 41.5 Å². The van der Waals surface area contributed by atoms with Crippen molar-refractivity contribution in [3.63, 3.8) is 0 Å². The summed E-state index contributed by atoms with van der Waals surface area (Å²) < 4.78 is 0.